The van der Waals surface area contributed by atoms with Gasteiger partial charge in [-0.2, -0.15) is 5.26 Å². The van der Waals surface area contributed by atoms with Crippen molar-refractivity contribution < 1.29 is 4.74 Å². The SMILES string of the molecule is COc1cc(C#N)ccc1Nc1ncnc(N)c1C. The van der Waals surface area contributed by atoms with Gasteiger partial charge in [0.05, 0.1) is 24.4 Å². The second kappa shape index (κ2) is 5.23. The fourth-order valence-corrected chi connectivity index (χ4v) is 1.58. The van der Waals surface area contributed by atoms with Crippen LogP contribution >= 0.6 is 0 Å². The second-order valence-corrected chi connectivity index (χ2v) is 3.88. The number of hydrogen-bond donors (Lipinski definition) is 2. The maximum absolute atomic E-state index is 8.86. The fraction of sp³-hybridized carbons (Fsp3) is 0.154. The molecule has 6 nitrogen and oxygen atoms in total. The van der Waals surface area contributed by atoms with Gasteiger partial charge < -0.3 is 15.8 Å². The van der Waals surface area contributed by atoms with E-state index in [-0.39, 0.29) is 0 Å². The molecule has 0 unspecified atom stereocenters. The number of nitrogens with zero attached hydrogens (tertiary/aromatic N) is 3. The molecule has 3 N–H and O–H groups in total. The van der Waals surface area contributed by atoms with Gasteiger partial charge >= 0.3 is 0 Å². The number of nitrogen functional groups attached to an aromatic ring is 1. The van der Waals surface area contributed by atoms with Crippen LogP contribution in [0.4, 0.5) is 17.3 Å². The van der Waals surface area contributed by atoms with Crippen LogP contribution in [0.15, 0.2) is 24.5 Å². The average Bonchev–Trinajstić information content (AvgIpc) is 2.44. The van der Waals surface area contributed by atoms with Gasteiger partial charge in [0.1, 0.15) is 23.7 Å². The molecule has 0 radical (unpaired) electrons. The second-order valence-electron chi connectivity index (χ2n) is 3.88. The van der Waals surface area contributed by atoms with Gasteiger partial charge in [-0.25, -0.2) is 9.97 Å². The molecule has 0 fully saturated rings. The van der Waals surface area contributed by atoms with Crippen molar-refractivity contribution in [3.8, 4) is 11.8 Å². The summed E-state index contributed by atoms with van der Waals surface area (Å²) >= 11 is 0. The zero-order chi connectivity index (χ0) is 13.8. The number of methoxy groups -OCH3 is 1. The van der Waals surface area contributed by atoms with Gasteiger partial charge in [0.25, 0.3) is 0 Å². The molecule has 6 heteroatoms. The smallest absolute Gasteiger partial charge is 0.143 e. The Morgan fingerprint density at radius 3 is 2.84 bits per heavy atom. The van der Waals surface area contributed by atoms with Crippen LogP contribution in [0, 0.1) is 18.3 Å². The zero-order valence-electron chi connectivity index (χ0n) is 10.6. The molecular weight excluding hydrogens is 242 g/mol. The molecule has 1 aromatic heterocycles. The highest BCUT2D eigenvalue weighted by atomic mass is 16.5. The number of benzene rings is 1. The molecule has 1 heterocycles. The maximum atomic E-state index is 8.86. The quantitative estimate of drug-likeness (QED) is 0.870. The molecule has 1 aromatic carbocycles. The Hall–Kier alpha value is -2.81. The van der Waals surface area contributed by atoms with Crippen molar-refractivity contribution in [2.24, 2.45) is 0 Å². The van der Waals surface area contributed by atoms with Crippen LogP contribution in [0.1, 0.15) is 11.1 Å². The predicted octanol–water partition coefficient (Wildman–Crippen LogP) is 1.99. The molecule has 2 aromatic rings. The Labute approximate surface area is 110 Å². The van der Waals surface area contributed by atoms with Crippen LogP contribution < -0.4 is 15.8 Å². The molecule has 2 rings (SSSR count). The standard InChI is InChI=1S/C13H13N5O/c1-8-12(15)16-7-17-13(8)18-10-4-3-9(6-14)5-11(10)19-2/h3-5,7H,1-2H3,(H3,15,16,17,18). The molecule has 0 atom stereocenters. The molecule has 0 aliphatic carbocycles. The van der Waals surface area contributed by atoms with Crippen molar-refractivity contribution in [1.29, 1.82) is 5.26 Å². The van der Waals surface area contributed by atoms with E-state index in [2.05, 4.69) is 21.4 Å². The molecule has 96 valence electrons. The lowest BCUT2D eigenvalue weighted by Gasteiger charge is -2.12. The summed E-state index contributed by atoms with van der Waals surface area (Å²) < 4.78 is 5.24. The van der Waals surface area contributed by atoms with Crippen molar-refractivity contribution >= 4 is 17.3 Å². The minimum absolute atomic E-state index is 0.421. The zero-order valence-corrected chi connectivity index (χ0v) is 10.6. The van der Waals surface area contributed by atoms with Crippen molar-refractivity contribution in [1.82, 2.24) is 9.97 Å². The average molecular weight is 255 g/mol. The number of anilines is 3. The van der Waals surface area contributed by atoms with E-state index in [1.54, 1.807) is 25.3 Å². The predicted molar refractivity (Wildman–Crippen MR) is 72.2 cm³/mol. The molecular formula is C13H13N5O. The minimum atomic E-state index is 0.421. The highest BCUT2D eigenvalue weighted by molar-refractivity contribution is 5.69. The molecule has 0 saturated carbocycles. The van der Waals surface area contributed by atoms with Crippen molar-refractivity contribution in [2.45, 2.75) is 6.92 Å². The van der Waals surface area contributed by atoms with Crippen LogP contribution in [0.2, 0.25) is 0 Å². The van der Waals surface area contributed by atoms with Crippen LogP contribution in [0.25, 0.3) is 0 Å². The lowest BCUT2D eigenvalue weighted by molar-refractivity contribution is 0.416. The molecule has 0 aliphatic heterocycles. The topological polar surface area (TPSA) is 96.8 Å². The number of hydrogen-bond acceptors (Lipinski definition) is 6. The summed E-state index contributed by atoms with van der Waals surface area (Å²) in [5.41, 5.74) is 7.72. The summed E-state index contributed by atoms with van der Waals surface area (Å²) in [5, 5.41) is 12.0. The molecule has 0 bridgehead atoms. The van der Waals surface area contributed by atoms with Crippen LogP contribution in [-0.4, -0.2) is 17.1 Å². The van der Waals surface area contributed by atoms with Gasteiger partial charge in [-0.05, 0) is 19.1 Å². The Morgan fingerprint density at radius 1 is 1.37 bits per heavy atom. The van der Waals surface area contributed by atoms with Gasteiger partial charge in [0, 0.05) is 11.6 Å². The van der Waals surface area contributed by atoms with Gasteiger partial charge in [-0.15, -0.1) is 0 Å². The number of rotatable bonds is 3. The number of ether oxygens (including phenoxy) is 1. The lowest BCUT2D eigenvalue weighted by atomic mass is 10.2. The van der Waals surface area contributed by atoms with Gasteiger partial charge in [-0.3, -0.25) is 0 Å². The minimum Gasteiger partial charge on any atom is -0.495 e. The van der Waals surface area contributed by atoms with Crippen molar-refractivity contribution in [2.75, 3.05) is 18.2 Å². The maximum Gasteiger partial charge on any atom is 0.143 e. The van der Waals surface area contributed by atoms with Crippen molar-refractivity contribution in [3.63, 3.8) is 0 Å². The highest BCUT2D eigenvalue weighted by Crippen LogP contribution is 2.29. The van der Waals surface area contributed by atoms with Crippen LogP contribution in [0.5, 0.6) is 5.75 Å². The van der Waals surface area contributed by atoms with E-state index < -0.39 is 0 Å². The fourth-order valence-electron chi connectivity index (χ4n) is 1.58. The van der Waals surface area contributed by atoms with Gasteiger partial charge in [0.15, 0.2) is 0 Å². The Kier molecular flexibility index (Phi) is 3.48. The third kappa shape index (κ3) is 2.55. The third-order valence-corrected chi connectivity index (χ3v) is 2.71. The summed E-state index contributed by atoms with van der Waals surface area (Å²) in [4.78, 5) is 8.03. The van der Waals surface area contributed by atoms with E-state index in [0.29, 0.717) is 28.6 Å². The molecule has 0 amide bonds. The first kappa shape index (κ1) is 12.6. The third-order valence-electron chi connectivity index (χ3n) is 2.71. The van der Waals surface area contributed by atoms with Crippen LogP contribution in [-0.2, 0) is 0 Å². The summed E-state index contributed by atoms with van der Waals surface area (Å²) in [6.07, 6.45) is 1.39. The summed E-state index contributed by atoms with van der Waals surface area (Å²) in [6, 6.07) is 7.17. The first-order chi connectivity index (χ1) is 9.15. The van der Waals surface area contributed by atoms with E-state index in [9.17, 15) is 0 Å². The first-order valence-corrected chi connectivity index (χ1v) is 5.58. The lowest BCUT2D eigenvalue weighted by Crippen LogP contribution is -2.03. The first-order valence-electron chi connectivity index (χ1n) is 5.58. The Balaban J connectivity index is 2.38. The Bertz CT molecular complexity index is 648. The van der Waals surface area contributed by atoms with E-state index in [1.165, 1.54) is 6.33 Å². The normalized spacial score (nSPS) is 9.74. The van der Waals surface area contributed by atoms with E-state index in [0.717, 1.165) is 5.56 Å². The van der Waals surface area contributed by atoms with Crippen LogP contribution in [0.3, 0.4) is 0 Å². The summed E-state index contributed by atoms with van der Waals surface area (Å²) in [7, 11) is 1.54. The highest BCUT2D eigenvalue weighted by Gasteiger charge is 2.09. The van der Waals surface area contributed by atoms with Gasteiger partial charge in [0.2, 0.25) is 0 Å². The van der Waals surface area contributed by atoms with Gasteiger partial charge in [-0.1, -0.05) is 0 Å². The monoisotopic (exact) mass is 255 g/mol. The summed E-state index contributed by atoms with van der Waals surface area (Å²) in [5.74, 6) is 1.59. The molecule has 0 saturated heterocycles. The number of nitrogens with two attached hydrogens (primary N) is 1. The van der Waals surface area contributed by atoms with E-state index in [1.807, 2.05) is 6.92 Å². The molecule has 19 heavy (non-hydrogen) atoms. The summed E-state index contributed by atoms with van der Waals surface area (Å²) in [6.45, 7) is 1.83. The van der Waals surface area contributed by atoms with E-state index in [4.69, 9.17) is 15.7 Å². The number of nitriles is 1. The molecule has 0 spiro atoms. The Morgan fingerprint density at radius 2 is 2.16 bits per heavy atom. The molecule has 0 aliphatic rings. The number of nitrogens with one attached hydrogen (secondary N) is 1. The largest absolute Gasteiger partial charge is 0.495 e. The van der Waals surface area contributed by atoms with Crippen molar-refractivity contribution in [3.05, 3.63) is 35.7 Å². The van der Waals surface area contributed by atoms with E-state index >= 15 is 0 Å². The number of aromatic nitrogens is 2.